The first-order valence-corrected chi connectivity index (χ1v) is 11.7. The number of benzene rings is 1. The van der Waals surface area contributed by atoms with Gasteiger partial charge in [-0.15, -0.1) is 0 Å². The number of hydrogen-bond acceptors (Lipinski definition) is 5. The number of ether oxygens (including phenoxy) is 1. The number of carbonyl (C=O) groups is 1. The molecule has 0 spiro atoms. The van der Waals surface area contributed by atoms with E-state index in [9.17, 15) is 26.4 Å². The smallest absolute Gasteiger partial charge is 0.318 e. The van der Waals surface area contributed by atoms with Crippen molar-refractivity contribution in [2.75, 3.05) is 12.3 Å². The van der Waals surface area contributed by atoms with Crippen LogP contribution < -0.4 is 14.8 Å². The zero-order valence-electron chi connectivity index (χ0n) is 17.3. The lowest BCUT2D eigenvalue weighted by Gasteiger charge is -2.28. The molecule has 2 aromatic rings. The molecule has 0 radical (unpaired) electrons. The Balaban J connectivity index is 1.81. The fraction of sp³-hybridized carbons (Fsp3) is 0.400. The number of alkyl halides is 2. The lowest BCUT2D eigenvalue weighted by atomic mass is 9.98. The van der Waals surface area contributed by atoms with Crippen LogP contribution in [0.3, 0.4) is 0 Å². The van der Waals surface area contributed by atoms with E-state index in [1.54, 1.807) is 0 Å². The summed E-state index contributed by atoms with van der Waals surface area (Å²) >= 11 is 0. The predicted octanol–water partition coefficient (Wildman–Crippen LogP) is 2.55. The minimum absolute atomic E-state index is 0.0738. The number of pyridine rings is 1. The molecule has 2 N–H and O–H groups in total. The van der Waals surface area contributed by atoms with E-state index in [0.717, 1.165) is 11.0 Å². The van der Waals surface area contributed by atoms with Crippen molar-refractivity contribution in [1.82, 2.24) is 19.9 Å². The topological polar surface area (TPSA) is 101 Å². The van der Waals surface area contributed by atoms with Crippen molar-refractivity contribution in [3.8, 4) is 11.6 Å². The molecule has 4 rings (SSSR count). The van der Waals surface area contributed by atoms with Gasteiger partial charge in [0.25, 0.3) is 5.92 Å². The Labute approximate surface area is 187 Å². The zero-order valence-corrected chi connectivity index (χ0v) is 18.1. The van der Waals surface area contributed by atoms with Crippen molar-refractivity contribution in [2.45, 2.75) is 37.9 Å². The van der Waals surface area contributed by atoms with Crippen LogP contribution in [0.25, 0.3) is 0 Å². The van der Waals surface area contributed by atoms with Gasteiger partial charge in [0.2, 0.25) is 15.9 Å². The predicted molar refractivity (Wildman–Crippen MR) is 108 cm³/mol. The third kappa shape index (κ3) is 4.60. The number of sulfonamides is 1. The van der Waals surface area contributed by atoms with Gasteiger partial charge in [0, 0.05) is 6.07 Å². The Morgan fingerprint density at radius 1 is 1.27 bits per heavy atom. The first-order valence-electron chi connectivity index (χ1n) is 10.0. The van der Waals surface area contributed by atoms with Crippen molar-refractivity contribution in [3.05, 3.63) is 53.2 Å². The maximum atomic E-state index is 15.2. The standard InChI is InChI=1S/C20H20F4N4O4S/c1-2-33(30,31)27-18-14-8-11-4-3-5-15(17(11)22)32-16-7-6-12(21)13(26-16)9-25-19(29)28(14)10-20(18,23)24/h3-7,14,18,27H,2,8-10H2,1H3,(H,25,29)/t14-,18+/m0/s1. The number of carbonyl (C=O) groups excluding carboxylic acids is 1. The highest BCUT2D eigenvalue weighted by Crippen LogP contribution is 2.36. The van der Waals surface area contributed by atoms with Gasteiger partial charge in [-0.2, -0.15) is 0 Å². The summed E-state index contributed by atoms with van der Waals surface area (Å²) in [7, 11) is -4.09. The lowest BCUT2D eigenvalue weighted by molar-refractivity contribution is -0.00456. The Morgan fingerprint density at radius 2 is 2.03 bits per heavy atom. The van der Waals surface area contributed by atoms with Crippen molar-refractivity contribution < 1.29 is 35.5 Å². The summed E-state index contributed by atoms with van der Waals surface area (Å²) < 4.78 is 90.8. The van der Waals surface area contributed by atoms with E-state index >= 15 is 4.39 Å². The Bertz CT molecular complexity index is 1190. The number of nitrogens with zero attached hydrogens (tertiary/aromatic N) is 2. The quantitative estimate of drug-likeness (QED) is 0.647. The second-order valence-corrected chi connectivity index (χ2v) is 9.77. The molecule has 0 unspecified atom stereocenters. The van der Waals surface area contributed by atoms with E-state index in [2.05, 4.69) is 10.3 Å². The molecule has 1 aromatic heterocycles. The highest BCUT2D eigenvalue weighted by Gasteiger charge is 2.57. The minimum Gasteiger partial charge on any atom is -0.436 e. The summed E-state index contributed by atoms with van der Waals surface area (Å²) in [5.74, 6) is -6.19. The number of aromatic nitrogens is 1. The van der Waals surface area contributed by atoms with Gasteiger partial charge in [0.15, 0.2) is 11.6 Å². The lowest BCUT2D eigenvalue weighted by Crippen LogP contribution is -2.53. The number of rotatable bonds is 3. The molecule has 0 aliphatic carbocycles. The maximum absolute atomic E-state index is 15.2. The monoisotopic (exact) mass is 488 g/mol. The number of urea groups is 1. The minimum atomic E-state index is -4.09. The van der Waals surface area contributed by atoms with Gasteiger partial charge in [0.05, 0.1) is 30.6 Å². The van der Waals surface area contributed by atoms with E-state index in [0.29, 0.717) is 0 Å². The van der Waals surface area contributed by atoms with Gasteiger partial charge in [-0.05, 0) is 31.0 Å². The van der Waals surface area contributed by atoms with Crippen molar-refractivity contribution >= 4 is 16.1 Å². The van der Waals surface area contributed by atoms with E-state index in [4.69, 9.17) is 4.74 Å². The molecule has 178 valence electrons. The van der Waals surface area contributed by atoms with E-state index in [-0.39, 0.29) is 22.9 Å². The van der Waals surface area contributed by atoms with Crippen molar-refractivity contribution in [1.29, 1.82) is 0 Å². The molecule has 8 nitrogen and oxygen atoms in total. The Kier molecular flexibility index (Phi) is 5.95. The van der Waals surface area contributed by atoms with Crippen LogP contribution in [-0.2, 0) is 23.0 Å². The van der Waals surface area contributed by atoms with Crippen LogP contribution in [0, 0.1) is 11.6 Å². The number of amides is 2. The Morgan fingerprint density at radius 3 is 2.76 bits per heavy atom. The first kappa shape index (κ1) is 23.2. The molecule has 33 heavy (non-hydrogen) atoms. The molecule has 2 atom stereocenters. The van der Waals surface area contributed by atoms with Gasteiger partial charge >= 0.3 is 6.03 Å². The molecule has 1 aromatic carbocycles. The van der Waals surface area contributed by atoms with Gasteiger partial charge in [-0.3, -0.25) is 0 Å². The van der Waals surface area contributed by atoms with Crippen LogP contribution in [-0.4, -0.2) is 54.6 Å². The summed E-state index contributed by atoms with van der Waals surface area (Å²) in [5.41, 5.74) is -0.322. The van der Waals surface area contributed by atoms with Gasteiger partial charge < -0.3 is 15.0 Å². The summed E-state index contributed by atoms with van der Waals surface area (Å²) in [5, 5.41) is 2.32. The zero-order chi connectivity index (χ0) is 24.0. The largest absolute Gasteiger partial charge is 0.436 e. The van der Waals surface area contributed by atoms with Crippen LogP contribution in [0.1, 0.15) is 18.2 Å². The fourth-order valence-corrected chi connectivity index (χ4v) is 4.72. The van der Waals surface area contributed by atoms with Crippen LogP contribution in [0.4, 0.5) is 22.4 Å². The summed E-state index contributed by atoms with van der Waals surface area (Å²) in [6, 6.07) is 1.79. The van der Waals surface area contributed by atoms with Crippen LogP contribution in [0.5, 0.6) is 11.6 Å². The molecule has 1 saturated heterocycles. The van der Waals surface area contributed by atoms with Crippen LogP contribution in [0.15, 0.2) is 30.3 Å². The third-order valence-electron chi connectivity index (χ3n) is 5.56. The summed E-state index contributed by atoms with van der Waals surface area (Å²) in [6.07, 6.45) is -0.428. The number of fused-ring (bicyclic) bond motifs is 5. The molecule has 0 saturated carbocycles. The van der Waals surface area contributed by atoms with Crippen molar-refractivity contribution in [3.63, 3.8) is 0 Å². The molecule has 13 heteroatoms. The Hall–Kier alpha value is -2.93. The van der Waals surface area contributed by atoms with Crippen LogP contribution in [0.2, 0.25) is 0 Å². The second-order valence-electron chi connectivity index (χ2n) is 7.73. The highest BCUT2D eigenvalue weighted by molar-refractivity contribution is 7.89. The van der Waals surface area contributed by atoms with Gasteiger partial charge in [-0.25, -0.2) is 40.5 Å². The number of nitrogens with one attached hydrogen (secondary N) is 2. The molecule has 3 heterocycles. The molecular formula is C20H20F4N4O4S. The normalized spacial score (nSPS) is 22.3. The van der Waals surface area contributed by atoms with E-state index < -0.39 is 71.0 Å². The average Bonchev–Trinajstić information content (AvgIpc) is 3.00. The van der Waals surface area contributed by atoms with Gasteiger partial charge in [-0.1, -0.05) is 12.1 Å². The maximum Gasteiger partial charge on any atom is 0.318 e. The average molecular weight is 488 g/mol. The fourth-order valence-electron chi connectivity index (χ4n) is 3.83. The number of hydrogen-bond donors (Lipinski definition) is 2. The summed E-state index contributed by atoms with van der Waals surface area (Å²) in [4.78, 5) is 17.5. The van der Waals surface area contributed by atoms with Crippen LogP contribution >= 0.6 is 0 Å². The molecule has 1 fully saturated rings. The number of halogens is 4. The molecule has 2 aliphatic rings. The first-order chi connectivity index (χ1) is 15.5. The molecule has 2 amide bonds. The summed E-state index contributed by atoms with van der Waals surface area (Å²) in [6.45, 7) is -0.295. The molecule has 2 aliphatic heterocycles. The molecule has 4 bridgehead atoms. The van der Waals surface area contributed by atoms with E-state index in [1.807, 2.05) is 4.72 Å². The van der Waals surface area contributed by atoms with Gasteiger partial charge in [0.1, 0.15) is 11.9 Å². The highest BCUT2D eigenvalue weighted by atomic mass is 32.2. The SMILES string of the molecule is CCS(=O)(=O)N[C@@H]1[C@@H]2Cc3cccc(c3F)Oc3ccc(F)c(n3)CNC(=O)N2CC1(F)F. The molecular weight excluding hydrogens is 468 g/mol. The second kappa shape index (κ2) is 8.45. The van der Waals surface area contributed by atoms with E-state index in [1.165, 1.54) is 31.2 Å². The van der Waals surface area contributed by atoms with Crippen molar-refractivity contribution in [2.24, 2.45) is 0 Å². The third-order valence-corrected chi connectivity index (χ3v) is 6.93.